The molecule has 0 saturated carbocycles. The average molecular weight is 192 g/mol. The van der Waals surface area contributed by atoms with Crippen LogP contribution in [0, 0.1) is 5.92 Å². The Morgan fingerprint density at radius 2 is 2.00 bits per heavy atom. The summed E-state index contributed by atoms with van der Waals surface area (Å²) in [6.07, 6.45) is 6.09. The molecule has 0 amide bonds. The SMILES string of the molecule is CC[C@H](C)C[C@@H](CN)c1ccncc1. The summed E-state index contributed by atoms with van der Waals surface area (Å²) in [5, 5.41) is 0. The third kappa shape index (κ3) is 3.11. The highest BCUT2D eigenvalue weighted by molar-refractivity contribution is 5.16. The Morgan fingerprint density at radius 3 is 2.50 bits per heavy atom. The van der Waals surface area contributed by atoms with E-state index in [0.29, 0.717) is 5.92 Å². The third-order valence-electron chi connectivity index (χ3n) is 2.85. The second-order valence-electron chi connectivity index (χ2n) is 3.96. The predicted molar refractivity (Wildman–Crippen MR) is 60.1 cm³/mol. The summed E-state index contributed by atoms with van der Waals surface area (Å²) in [6, 6.07) is 4.14. The van der Waals surface area contributed by atoms with Gasteiger partial charge in [0.05, 0.1) is 0 Å². The molecule has 2 atom stereocenters. The van der Waals surface area contributed by atoms with Gasteiger partial charge < -0.3 is 5.73 Å². The van der Waals surface area contributed by atoms with Crippen LogP contribution in [0.1, 0.15) is 38.2 Å². The van der Waals surface area contributed by atoms with Crippen molar-refractivity contribution in [2.75, 3.05) is 6.54 Å². The molecule has 0 fully saturated rings. The number of nitrogens with two attached hydrogens (primary N) is 1. The van der Waals surface area contributed by atoms with E-state index in [1.807, 2.05) is 12.4 Å². The maximum absolute atomic E-state index is 5.79. The molecule has 1 aromatic rings. The van der Waals surface area contributed by atoms with E-state index in [-0.39, 0.29) is 0 Å². The van der Waals surface area contributed by atoms with Gasteiger partial charge in [0.25, 0.3) is 0 Å². The van der Waals surface area contributed by atoms with Gasteiger partial charge in [-0.3, -0.25) is 4.98 Å². The van der Waals surface area contributed by atoms with Crippen LogP contribution >= 0.6 is 0 Å². The summed E-state index contributed by atoms with van der Waals surface area (Å²) in [7, 11) is 0. The molecule has 0 unspecified atom stereocenters. The summed E-state index contributed by atoms with van der Waals surface area (Å²) >= 11 is 0. The summed E-state index contributed by atoms with van der Waals surface area (Å²) in [4.78, 5) is 4.02. The molecule has 0 aromatic carbocycles. The molecule has 1 aromatic heterocycles. The molecule has 1 rings (SSSR count). The van der Waals surface area contributed by atoms with Crippen molar-refractivity contribution in [1.82, 2.24) is 4.98 Å². The minimum Gasteiger partial charge on any atom is -0.330 e. The zero-order chi connectivity index (χ0) is 10.4. The van der Waals surface area contributed by atoms with Crippen molar-refractivity contribution in [2.24, 2.45) is 11.7 Å². The molecule has 0 aliphatic heterocycles. The predicted octanol–water partition coefficient (Wildman–Crippen LogP) is 2.56. The maximum Gasteiger partial charge on any atom is 0.0270 e. The van der Waals surface area contributed by atoms with Crippen molar-refractivity contribution in [1.29, 1.82) is 0 Å². The van der Waals surface area contributed by atoms with Crippen LogP contribution in [0.15, 0.2) is 24.5 Å². The molecular weight excluding hydrogens is 172 g/mol. The van der Waals surface area contributed by atoms with Crippen LogP contribution in [0.5, 0.6) is 0 Å². The molecule has 0 radical (unpaired) electrons. The molecule has 0 spiro atoms. The number of rotatable bonds is 5. The Hall–Kier alpha value is -0.890. The quantitative estimate of drug-likeness (QED) is 0.778. The first-order valence-electron chi connectivity index (χ1n) is 5.37. The molecule has 2 heteroatoms. The molecule has 0 aliphatic rings. The highest BCUT2D eigenvalue weighted by Crippen LogP contribution is 2.23. The van der Waals surface area contributed by atoms with E-state index in [1.165, 1.54) is 18.4 Å². The maximum atomic E-state index is 5.79. The molecule has 2 nitrogen and oxygen atoms in total. The van der Waals surface area contributed by atoms with Crippen molar-refractivity contribution in [3.8, 4) is 0 Å². The molecule has 0 bridgehead atoms. The van der Waals surface area contributed by atoms with Crippen LogP contribution in [0.25, 0.3) is 0 Å². The largest absolute Gasteiger partial charge is 0.330 e. The Balaban J connectivity index is 2.63. The summed E-state index contributed by atoms with van der Waals surface area (Å²) < 4.78 is 0. The van der Waals surface area contributed by atoms with Crippen molar-refractivity contribution in [3.05, 3.63) is 30.1 Å². The van der Waals surface area contributed by atoms with E-state index in [4.69, 9.17) is 5.73 Å². The molecule has 0 aliphatic carbocycles. The summed E-state index contributed by atoms with van der Waals surface area (Å²) in [5.74, 6) is 1.24. The number of nitrogens with zero attached hydrogens (tertiary/aromatic N) is 1. The lowest BCUT2D eigenvalue weighted by Crippen LogP contribution is -2.15. The number of hydrogen-bond acceptors (Lipinski definition) is 2. The van der Waals surface area contributed by atoms with Gasteiger partial charge >= 0.3 is 0 Å². The van der Waals surface area contributed by atoms with Gasteiger partial charge in [0.15, 0.2) is 0 Å². The molecular formula is C12H20N2. The number of hydrogen-bond donors (Lipinski definition) is 1. The van der Waals surface area contributed by atoms with Crippen LogP contribution in [-0.4, -0.2) is 11.5 Å². The average Bonchev–Trinajstić information content (AvgIpc) is 2.26. The van der Waals surface area contributed by atoms with Gasteiger partial charge in [0.1, 0.15) is 0 Å². The first-order valence-corrected chi connectivity index (χ1v) is 5.37. The fourth-order valence-electron chi connectivity index (χ4n) is 1.66. The lowest BCUT2D eigenvalue weighted by molar-refractivity contribution is 0.458. The zero-order valence-electron chi connectivity index (χ0n) is 9.11. The van der Waals surface area contributed by atoms with Gasteiger partial charge in [0.2, 0.25) is 0 Å². The first-order chi connectivity index (χ1) is 6.77. The molecule has 2 N–H and O–H groups in total. The molecule has 1 heterocycles. The van der Waals surface area contributed by atoms with Crippen LogP contribution < -0.4 is 5.73 Å². The van der Waals surface area contributed by atoms with Crippen LogP contribution in [0.2, 0.25) is 0 Å². The molecule has 0 saturated heterocycles. The van der Waals surface area contributed by atoms with E-state index in [2.05, 4.69) is 31.0 Å². The van der Waals surface area contributed by atoms with Crippen molar-refractivity contribution < 1.29 is 0 Å². The van der Waals surface area contributed by atoms with E-state index in [9.17, 15) is 0 Å². The van der Waals surface area contributed by atoms with Crippen LogP contribution in [0.3, 0.4) is 0 Å². The van der Waals surface area contributed by atoms with Gasteiger partial charge in [-0.25, -0.2) is 0 Å². The topological polar surface area (TPSA) is 38.9 Å². The minimum absolute atomic E-state index is 0.493. The normalized spacial score (nSPS) is 15.1. The zero-order valence-corrected chi connectivity index (χ0v) is 9.11. The Labute approximate surface area is 86.5 Å². The van der Waals surface area contributed by atoms with E-state index in [0.717, 1.165) is 12.5 Å². The van der Waals surface area contributed by atoms with Gasteiger partial charge in [-0.05, 0) is 42.5 Å². The smallest absolute Gasteiger partial charge is 0.0270 e. The highest BCUT2D eigenvalue weighted by Gasteiger charge is 2.12. The fraction of sp³-hybridized carbons (Fsp3) is 0.583. The molecule has 78 valence electrons. The van der Waals surface area contributed by atoms with E-state index >= 15 is 0 Å². The standard InChI is InChI=1S/C12H20N2/c1-3-10(2)8-12(9-13)11-4-6-14-7-5-11/h4-7,10,12H,3,8-9,13H2,1-2H3/t10-,12-/m0/s1. The first kappa shape index (κ1) is 11.2. The van der Waals surface area contributed by atoms with Gasteiger partial charge in [0, 0.05) is 12.4 Å². The van der Waals surface area contributed by atoms with E-state index < -0.39 is 0 Å². The van der Waals surface area contributed by atoms with Gasteiger partial charge in [-0.1, -0.05) is 20.3 Å². The summed E-state index contributed by atoms with van der Waals surface area (Å²) in [6.45, 7) is 5.24. The second kappa shape index (κ2) is 5.76. The third-order valence-corrected chi connectivity index (χ3v) is 2.85. The van der Waals surface area contributed by atoms with Crippen molar-refractivity contribution in [2.45, 2.75) is 32.6 Å². The van der Waals surface area contributed by atoms with Gasteiger partial charge in [-0.15, -0.1) is 0 Å². The number of aromatic nitrogens is 1. The van der Waals surface area contributed by atoms with Gasteiger partial charge in [-0.2, -0.15) is 0 Å². The Kier molecular flexibility index (Phi) is 4.60. The van der Waals surface area contributed by atoms with Crippen molar-refractivity contribution in [3.63, 3.8) is 0 Å². The van der Waals surface area contributed by atoms with Crippen LogP contribution in [-0.2, 0) is 0 Å². The monoisotopic (exact) mass is 192 g/mol. The summed E-state index contributed by atoms with van der Waals surface area (Å²) in [5.41, 5.74) is 7.11. The fourth-order valence-corrected chi connectivity index (χ4v) is 1.66. The second-order valence-corrected chi connectivity index (χ2v) is 3.96. The minimum atomic E-state index is 0.493. The Bertz CT molecular complexity index is 246. The Morgan fingerprint density at radius 1 is 1.36 bits per heavy atom. The molecule has 14 heavy (non-hydrogen) atoms. The lowest BCUT2D eigenvalue weighted by Gasteiger charge is -2.18. The highest BCUT2D eigenvalue weighted by atomic mass is 14.6. The number of pyridine rings is 1. The lowest BCUT2D eigenvalue weighted by atomic mass is 9.89. The van der Waals surface area contributed by atoms with Crippen LogP contribution in [0.4, 0.5) is 0 Å². The van der Waals surface area contributed by atoms with E-state index in [1.54, 1.807) is 0 Å². The van der Waals surface area contributed by atoms with Crippen molar-refractivity contribution >= 4 is 0 Å².